The lowest BCUT2D eigenvalue weighted by atomic mass is 10.1. The van der Waals surface area contributed by atoms with Crippen LogP contribution < -0.4 is 5.32 Å². The van der Waals surface area contributed by atoms with Crippen LogP contribution in [0.1, 0.15) is 21.6 Å². The molecular formula is C13H11BrClN3O. The molecule has 0 saturated carbocycles. The predicted molar refractivity (Wildman–Crippen MR) is 78.6 cm³/mol. The molecule has 98 valence electrons. The SMILES string of the molecule is Cc1cc(Cl)nc(NC(=O)c2cc(Br)ccc2C)n1. The first-order valence-electron chi connectivity index (χ1n) is 5.54. The van der Waals surface area contributed by atoms with Gasteiger partial charge in [0.1, 0.15) is 5.15 Å². The number of halogens is 2. The van der Waals surface area contributed by atoms with Gasteiger partial charge < -0.3 is 0 Å². The largest absolute Gasteiger partial charge is 0.290 e. The van der Waals surface area contributed by atoms with E-state index in [9.17, 15) is 4.79 Å². The van der Waals surface area contributed by atoms with Gasteiger partial charge in [0, 0.05) is 15.7 Å². The number of nitrogens with zero attached hydrogens (tertiary/aromatic N) is 2. The monoisotopic (exact) mass is 339 g/mol. The molecule has 0 aliphatic rings. The summed E-state index contributed by atoms with van der Waals surface area (Å²) in [6.07, 6.45) is 0. The van der Waals surface area contributed by atoms with Gasteiger partial charge in [-0.05, 0) is 37.6 Å². The van der Waals surface area contributed by atoms with Gasteiger partial charge in [-0.15, -0.1) is 0 Å². The highest BCUT2D eigenvalue weighted by Gasteiger charge is 2.11. The van der Waals surface area contributed by atoms with Crippen molar-refractivity contribution in [2.24, 2.45) is 0 Å². The third-order valence-electron chi connectivity index (χ3n) is 2.49. The maximum atomic E-state index is 12.2. The van der Waals surface area contributed by atoms with Gasteiger partial charge in [-0.2, -0.15) is 0 Å². The minimum absolute atomic E-state index is 0.203. The lowest BCUT2D eigenvalue weighted by Crippen LogP contribution is -2.15. The molecule has 1 amide bonds. The van der Waals surface area contributed by atoms with E-state index in [4.69, 9.17) is 11.6 Å². The zero-order valence-corrected chi connectivity index (χ0v) is 12.7. The molecule has 1 aromatic carbocycles. The minimum atomic E-state index is -0.263. The molecule has 0 saturated heterocycles. The molecule has 1 N–H and O–H groups in total. The number of hydrogen-bond acceptors (Lipinski definition) is 3. The highest BCUT2D eigenvalue weighted by atomic mass is 79.9. The molecule has 0 fully saturated rings. The number of carbonyl (C=O) groups excluding carboxylic acids is 1. The van der Waals surface area contributed by atoms with Gasteiger partial charge in [-0.1, -0.05) is 33.6 Å². The van der Waals surface area contributed by atoms with Crippen molar-refractivity contribution in [3.63, 3.8) is 0 Å². The Labute approximate surface area is 124 Å². The van der Waals surface area contributed by atoms with Crippen LogP contribution in [-0.4, -0.2) is 15.9 Å². The Morgan fingerprint density at radius 3 is 2.68 bits per heavy atom. The number of amides is 1. The molecule has 1 heterocycles. The van der Waals surface area contributed by atoms with Crippen molar-refractivity contribution in [3.8, 4) is 0 Å². The first kappa shape index (κ1) is 14.0. The first-order valence-corrected chi connectivity index (χ1v) is 6.71. The Kier molecular flexibility index (Phi) is 4.17. The highest BCUT2D eigenvalue weighted by Crippen LogP contribution is 2.17. The van der Waals surface area contributed by atoms with Crippen LogP contribution >= 0.6 is 27.5 Å². The number of carbonyl (C=O) groups is 1. The molecule has 2 aromatic rings. The quantitative estimate of drug-likeness (QED) is 0.847. The van der Waals surface area contributed by atoms with E-state index >= 15 is 0 Å². The van der Waals surface area contributed by atoms with Gasteiger partial charge >= 0.3 is 0 Å². The summed E-state index contributed by atoms with van der Waals surface area (Å²) in [5, 5.41) is 2.94. The lowest BCUT2D eigenvalue weighted by molar-refractivity contribution is 0.102. The van der Waals surface area contributed by atoms with E-state index in [0.29, 0.717) is 16.4 Å². The summed E-state index contributed by atoms with van der Waals surface area (Å²) in [4.78, 5) is 20.2. The van der Waals surface area contributed by atoms with Crippen molar-refractivity contribution in [2.75, 3.05) is 5.32 Å². The Balaban J connectivity index is 2.28. The van der Waals surface area contributed by atoms with Crippen molar-refractivity contribution >= 4 is 39.4 Å². The lowest BCUT2D eigenvalue weighted by Gasteiger charge is -2.07. The minimum Gasteiger partial charge on any atom is -0.290 e. The van der Waals surface area contributed by atoms with Gasteiger partial charge in [0.25, 0.3) is 5.91 Å². The smallest absolute Gasteiger partial charge is 0.258 e. The number of hydrogen-bond donors (Lipinski definition) is 1. The fourth-order valence-corrected chi connectivity index (χ4v) is 2.19. The fraction of sp³-hybridized carbons (Fsp3) is 0.154. The molecular weight excluding hydrogens is 330 g/mol. The van der Waals surface area contributed by atoms with E-state index in [2.05, 4.69) is 31.2 Å². The van der Waals surface area contributed by atoms with E-state index in [0.717, 1.165) is 10.0 Å². The van der Waals surface area contributed by atoms with Crippen molar-refractivity contribution in [1.29, 1.82) is 0 Å². The average molecular weight is 341 g/mol. The van der Waals surface area contributed by atoms with Crippen molar-refractivity contribution < 1.29 is 4.79 Å². The van der Waals surface area contributed by atoms with Crippen LogP contribution in [0, 0.1) is 13.8 Å². The van der Waals surface area contributed by atoms with Gasteiger partial charge in [-0.3, -0.25) is 10.1 Å². The van der Waals surface area contributed by atoms with E-state index < -0.39 is 0 Å². The highest BCUT2D eigenvalue weighted by molar-refractivity contribution is 9.10. The Morgan fingerprint density at radius 2 is 2.00 bits per heavy atom. The van der Waals surface area contributed by atoms with Crippen LogP contribution in [0.3, 0.4) is 0 Å². The summed E-state index contributed by atoms with van der Waals surface area (Å²) in [5.41, 5.74) is 2.14. The predicted octanol–water partition coefficient (Wildman–Crippen LogP) is 3.76. The average Bonchev–Trinajstić information content (AvgIpc) is 2.30. The number of benzene rings is 1. The molecule has 1 aromatic heterocycles. The van der Waals surface area contributed by atoms with Crippen LogP contribution in [0.5, 0.6) is 0 Å². The molecule has 2 rings (SSSR count). The molecule has 0 radical (unpaired) electrons. The second-order valence-electron chi connectivity index (χ2n) is 4.07. The van der Waals surface area contributed by atoms with E-state index in [1.165, 1.54) is 0 Å². The van der Waals surface area contributed by atoms with Gasteiger partial charge in [-0.25, -0.2) is 9.97 Å². The number of nitrogens with one attached hydrogen (secondary N) is 1. The summed E-state index contributed by atoms with van der Waals surface area (Å²) >= 11 is 9.17. The summed E-state index contributed by atoms with van der Waals surface area (Å²) in [6.45, 7) is 3.65. The molecule has 19 heavy (non-hydrogen) atoms. The van der Waals surface area contributed by atoms with Gasteiger partial charge in [0.2, 0.25) is 5.95 Å². The third-order valence-corrected chi connectivity index (χ3v) is 3.18. The topological polar surface area (TPSA) is 54.9 Å². The second-order valence-corrected chi connectivity index (χ2v) is 5.37. The van der Waals surface area contributed by atoms with E-state index in [1.807, 2.05) is 19.1 Å². The first-order chi connectivity index (χ1) is 8.95. The Hall–Kier alpha value is -1.46. The van der Waals surface area contributed by atoms with Gasteiger partial charge in [0.05, 0.1) is 0 Å². The number of anilines is 1. The number of aryl methyl sites for hydroxylation is 2. The molecule has 0 atom stereocenters. The maximum absolute atomic E-state index is 12.2. The molecule has 0 spiro atoms. The van der Waals surface area contributed by atoms with E-state index in [1.54, 1.807) is 19.1 Å². The molecule has 0 aliphatic heterocycles. The van der Waals surface area contributed by atoms with Crippen molar-refractivity contribution in [1.82, 2.24) is 9.97 Å². The Morgan fingerprint density at radius 1 is 1.26 bits per heavy atom. The molecule has 4 nitrogen and oxygen atoms in total. The van der Waals surface area contributed by atoms with Crippen LogP contribution in [0.4, 0.5) is 5.95 Å². The summed E-state index contributed by atoms with van der Waals surface area (Å²) in [7, 11) is 0. The number of rotatable bonds is 2. The van der Waals surface area contributed by atoms with Crippen LogP contribution in [0.2, 0.25) is 5.15 Å². The maximum Gasteiger partial charge on any atom is 0.258 e. The molecule has 0 aliphatic carbocycles. The van der Waals surface area contributed by atoms with Gasteiger partial charge in [0.15, 0.2) is 0 Å². The fourth-order valence-electron chi connectivity index (χ4n) is 1.59. The zero-order valence-electron chi connectivity index (χ0n) is 10.4. The van der Waals surface area contributed by atoms with Crippen LogP contribution in [0.25, 0.3) is 0 Å². The summed E-state index contributed by atoms with van der Waals surface area (Å²) < 4.78 is 0.839. The van der Waals surface area contributed by atoms with Crippen molar-refractivity contribution in [2.45, 2.75) is 13.8 Å². The van der Waals surface area contributed by atoms with Crippen molar-refractivity contribution in [3.05, 3.63) is 50.7 Å². The second kappa shape index (κ2) is 5.67. The molecule has 0 unspecified atom stereocenters. The van der Waals surface area contributed by atoms with Crippen LogP contribution in [0.15, 0.2) is 28.7 Å². The van der Waals surface area contributed by atoms with E-state index in [-0.39, 0.29) is 11.9 Å². The Bertz CT molecular complexity index is 626. The normalized spacial score (nSPS) is 10.3. The standard InChI is InChI=1S/C13H11BrClN3O/c1-7-3-4-9(14)6-10(7)12(19)18-13-16-8(2)5-11(15)17-13/h3-6H,1-2H3,(H,16,17,18,19). The molecule has 0 bridgehead atoms. The third kappa shape index (κ3) is 3.52. The summed E-state index contributed by atoms with van der Waals surface area (Å²) in [6, 6.07) is 7.12. The summed E-state index contributed by atoms with van der Waals surface area (Å²) in [5.74, 6) is -0.0603. The van der Waals surface area contributed by atoms with Crippen LogP contribution in [-0.2, 0) is 0 Å². The number of aromatic nitrogens is 2. The molecule has 6 heteroatoms. The zero-order chi connectivity index (χ0) is 14.0.